The molecule has 1 N–H and O–H groups in total. The summed E-state index contributed by atoms with van der Waals surface area (Å²) in [7, 11) is 0. The van der Waals surface area contributed by atoms with Crippen molar-refractivity contribution in [2.75, 3.05) is 13.2 Å². The average Bonchev–Trinajstić information content (AvgIpc) is 2.60. The van der Waals surface area contributed by atoms with Crippen LogP contribution in [0.1, 0.15) is 25.0 Å². The van der Waals surface area contributed by atoms with E-state index >= 15 is 0 Å². The van der Waals surface area contributed by atoms with Crippen LogP contribution in [0.3, 0.4) is 0 Å². The molecule has 0 aliphatic rings. The molecule has 0 saturated heterocycles. The molecule has 0 unspecified atom stereocenters. The third-order valence-corrected chi connectivity index (χ3v) is 4.11. The zero-order chi connectivity index (χ0) is 17.4. The number of rotatable bonds is 8. The number of hydrogen-bond donors (Lipinski definition) is 1. The lowest BCUT2D eigenvalue weighted by Gasteiger charge is -2.10. The van der Waals surface area contributed by atoms with Gasteiger partial charge in [-0.3, -0.25) is 4.79 Å². The zero-order valence-electron chi connectivity index (χ0n) is 14.0. The molecular weight excluding hydrogens is 370 g/mol. The second kappa shape index (κ2) is 9.33. The Balaban J connectivity index is 1.79. The summed E-state index contributed by atoms with van der Waals surface area (Å²) in [5.41, 5.74) is 2.23. The summed E-state index contributed by atoms with van der Waals surface area (Å²) < 4.78 is 11.8. The number of ether oxygens (including phenoxy) is 2. The van der Waals surface area contributed by atoms with E-state index in [4.69, 9.17) is 9.47 Å². The van der Waals surface area contributed by atoms with Crippen LogP contribution in [0.4, 0.5) is 0 Å². The van der Waals surface area contributed by atoms with Crippen molar-refractivity contribution < 1.29 is 14.3 Å². The third-order valence-electron chi connectivity index (χ3n) is 3.49. The molecule has 2 rings (SSSR count). The van der Waals surface area contributed by atoms with Gasteiger partial charge in [-0.2, -0.15) is 0 Å². The van der Waals surface area contributed by atoms with E-state index in [1.807, 2.05) is 49.4 Å². The van der Waals surface area contributed by atoms with Crippen molar-refractivity contribution in [2.24, 2.45) is 0 Å². The van der Waals surface area contributed by atoms with Crippen molar-refractivity contribution in [3.05, 3.63) is 58.1 Å². The van der Waals surface area contributed by atoms with Gasteiger partial charge in [-0.15, -0.1) is 0 Å². The van der Waals surface area contributed by atoms with E-state index in [2.05, 4.69) is 28.2 Å². The second-order valence-corrected chi connectivity index (χ2v) is 6.12. The summed E-state index contributed by atoms with van der Waals surface area (Å²) in [5.74, 6) is 1.34. The number of amides is 1. The molecule has 1 amide bonds. The highest BCUT2D eigenvalue weighted by Gasteiger charge is 2.06. The maximum Gasteiger partial charge on any atom is 0.258 e. The molecule has 2 aromatic rings. The van der Waals surface area contributed by atoms with Crippen molar-refractivity contribution in [3.8, 4) is 11.5 Å². The lowest BCUT2D eigenvalue weighted by molar-refractivity contribution is -0.123. The largest absolute Gasteiger partial charge is 0.494 e. The van der Waals surface area contributed by atoms with Crippen LogP contribution >= 0.6 is 15.9 Å². The molecule has 0 saturated carbocycles. The quantitative estimate of drug-likeness (QED) is 0.736. The number of halogens is 1. The number of carbonyl (C=O) groups is 1. The van der Waals surface area contributed by atoms with Gasteiger partial charge in [0.15, 0.2) is 6.61 Å². The highest BCUT2D eigenvalue weighted by Crippen LogP contribution is 2.26. The molecular formula is C19H22BrNO3. The van der Waals surface area contributed by atoms with Crippen LogP contribution in [0, 0.1) is 0 Å². The van der Waals surface area contributed by atoms with Crippen molar-refractivity contribution in [3.63, 3.8) is 0 Å². The molecule has 2 aromatic carbocycles. The molecule has 5 heteroatoms. The molecule has 0 aromatic heterocycles. The average molecular weight is 392 g/mol. The zero-order valence-corrected chi connectivity index (χ0v) is 15.6. The minimum atomic E-state index is -0.157. The van der Waals surface area contributed by atoms with E-state index in [9.17, 15) is 4.79 Å². The Morgan fingerprint density at radius 3 is 2.38 bits per heavy atom. The lowest BCUT2D eigenvalue weighted by Crippen LogP contribution is -2.28. The summed E-state index contributed by atoms with van der Waals surface area (Å²) in [4.78, 5) is 11.9. The van der Waals surface area contributed by atoms with Crippen molar-refractivity contribution >= 4 is 21.8 Å². The monoisotopic (exact) mass is 391 g/mol. The first-order chi connectivity index (χ1) is 11.6. The minimum absolute atomic E-state index is 0.0128. The molecule has 0 bridgehead atoms. The number of nitrogens with one attached hydrogen (secondary N) is 1. The summed E-state index contributed by atoms with van der Waals surface area (Å²) in [5, 5.41) is 2.84. The minimum Gasteiger partial charge on any atom is -0.494 e. The van der Waals surface area contributed by atoms with E-state index in [0.717, 1.165) is 22.2 Å². The van der Waals surface area contributed by atoms with Crippen molar-refractivity contribution in [2.45, 2.75) is 26.8 Å². The standard InChI is InChI=1S/C19H22BrNO3/c1-3-14-7-10-18(17(20)11-14)24-13-19(22)21-12-15-5-8-16(9-6-15)23-4-2/h5-11H,3-4,12-13H2,1-2H3,(H,21,22). The van der Waals surface area contributed by atoms with Crippen molar-refractivity contribution in [1.82, 2.24) is 5.32 Å². The van der Waals surface area contributed by atoms with Crippen LogP contribution in [0.2, 0.25) is 0 Å². The first kappa shape index (κ1) is 18.3. The molecule has 0 spiro atoms. The fraction of sp³-hybridized carbons (Fsp3) is 0.316. The molecule has 0 atom stereocenters. The molecule has 0 heterocycles. The van der Waals surface area contributed by atoms with Gasteiger partial charge in [0.1, 0.15) is 11.5 Å². The SMILES string of the molecule is CCOc1ccc(CNC(=O)COc2ccc(CC)cc2Br)cc1. The highest BCUT2D eigenvalue weighted by molar-refractivity contribution is 9.10. The molecule has 0 fully saturated rings. The van der Waals surface area contributed by atoms with Crippen molar-refractivity contribution in [1.29, 1.82) is 0 Å². The summed E-state index contributed by atoms with van der Waals surface area (Å²) in [6.45, 7) is 5.13. The smallest absolute Gasteiger partial charge is 0.258 e. The van der Waals surface area contributed by atoms with Crippen LogP contribution in [-0.4, -0.2) is 19.1 Å². The molecule has 24 heavy (non-hydrogen) atoms. The van der Waals surface area contributed by atoms with Gasteiger partial charge in [0.25, 0.3) is 5.91 Å². The first-order valence-electron chi connectivity index (χ1n) is 8.02. The Bertz CT molecular complexity index is 671. The normalized spacial score (nSPS) is 10.3. The molecule has 0 aliphatic carbocycles. The Labute approximate surface area is 151 Å². The predicted octanol–water partition coefficient (Wildman–Crippen LogP) is 4.11. The van der Waals surface area contributed by atoms with Crippen LogP contribution in [0.5, 0.6) is 11.5 Å². The summed E-state index contributed by atoms with van der Waals surface area (Å²) >= 11 is 3.46. The Kier molecular flexibility index (Phi) is 7.12. The molecule has 0 aliphatic heterocycles. The summed E-state index contributed by atoms with van der Waals surface area (Å²) in [6.07, 6.45) is 0.960. The maximum atomic E-state index is 11.9. The number of benzene rings is 2. The van der Waals surface area contributed by atoms with Crippen LogP contribution < -0.4 is 14.8 Å². The molecule has 0 radical (unpaired) electrons. The van der Waals surface area contributed by atoms with Gasteiger partial charge in [0.05, 0.1) is 11.1 Å². The van der Waals surface area contributed by atoms with E-state index < -0.39 is 0 Å². The molecule has 4 nitrogen and oxygen atoms in total. The third kappa shape index (κ3) is 5.57. The first-order valence-corrected chi connectivity index (χ1v) is 8.81. The molecule has 128 valence electrons. The fourth-order valence-corrected chi connectivity index (χ4v) is 2.69. The van der Waals surface area contributed by atoms with E-state index in [1.165, 1.54) is 5.56 Å². The Morgan fingerprint density at radius 2 is 1.75 bits per heavy atom. The van der Waals surface area contributed by atoms with Crippen LogP contribution in [0.15, 0.2) is 46.9 Å². The van der Waals surface area contributed by atoms with E-state index in [1.54, 1.807) is 0 Å². The van der Waals surface area contributed by atoms with E-state index in [0.29, 0.717) is 18.9 Å². The van der Waals surface area contributed by atoms with Crippen LogP contribution in [0.25, 0.3) is 0 Å². The lowest BCUT2D eigenvalue weighted by atomic mass is 10.2. The van der Waals surface area contributed by atoms with Gasteiger partial charge in [-0.05, 0) is 64.7 Å². The highest BCUT2D eigenvalue weighted by atomic mass is 79.9. The topological polar surface area (TPSA) is 47.6 Å². The van der Waals surface area contributed by atoms with Gasteiger partial charge in [0.2, 0.25) is 0 Å². The van der Waals surface area contributed by atoms with E-state index in [-0.39, 0.29) is 12.5 Å². The number of hydrogen-bond acceptors (Lipinski definition) is 3. The number of carbonyl (C=O) groups excluding carboxylic acids is 1. The van der Waals surface area contributed by atoms with Gasteiger partial charge >= 0.3 is 0 Å². The maximum absolute atomic E-state index is 11.9. The van der Waals surface area contributed by atoms with Gasteiger partial charge in [-0.1, -0.05) is 25.1 Å². The predicted molar refractivity (Wildman–Crippen MR) is 98.5 cm³/mol. The number of aryl methyl sites for hydroxylation is 1. The fourth-order valence-electron chi connectivity index (χ4n) is 2.15. The van der Waals surface area contributed by atoms with Crippen LogP contribution in [-0.2, 0) is 17.8 Å². The Hall–Kier alpha value is -2.01. The summed E-state index contributed by atoms with van der Waals surface area (Å²) in [6, 6.07) is 13.5. The van der Waals surface area contributed by atoms with Gasteiger partial charge in [0, 0.05) is 6.54 Å². The van der Waals surface area contributed by atoms with Gasteiger partial charge in [-0.25, -0.2) is 0 Å². The Morgan fingerprint density at radius 1 is 1.04 bits per heavy atom. The second-order valence-electron chi connectivity index (χ2n) is 5.26. The van der Waals surface area contributed by atoms with Gasteiger partial charge < -0.3 is 14.8 Å².